The van der Waals surface area contributed by atoms with Crippen molar-refractivity contribution >= 4 is 0 Å². The molecule has 0 amide bonds. The maximum Gasteiger partial charge on any atom is 0.169 e. The highest BCUT2D eigenvalue weighted by Gasteiger charge is 2.06. The predicted molar refractivity (Wildman–Crippen MR) is 68.3 cm³/mol. The molecule has 0 aliphatic carbocycles. The van der Waals surface area contributed by atoms with Gasteiger partial charge in [0, 0.05) is 24.3 Å². The van der Waals surface area contributed by atoms with Crippen molar-refractivity contribution in [3.05, 3.63) is 49.1 Å². The largest absolute Gasteiger partial charge is 1.00 e. The van der Waals surface area contributed by atoms with Crippen LogP contribution in [0.1, 0.15) is 26.8 Å². The molecular weight excluding hydrogens is 279 g/mol. The van der Waals surface area contributed by atoms with Crippen LogP contribution >= 0.6 is 0 Å². The zero-order valence-corrected chi connectivity index (χ0v) is 13.1. The minimum atomic E-state index is 0. The fourth-order valence-corrected chi connectivity index (χ4v) is 1.84. The first kappa shape index (κ1) is 17.9. The Balaban J connectivity index is 0.00000162. The third kappa shape index (κ3) is 4.48. The van der Waals surface area contributed by atoms with Gasteiger partial charge in [-0.2, -0.15) is 0 Å². The molecular formula is C15H20Cl2N2. The summed E-state index contributed by atoms with van der Waals surface area (Å²) < 4.78 is 4.37. The minimum absolute atomic E-state index is 0. The standard InChI is InChI=1S/C15H20N2.2ClH/c1-4-16-9-5-14(6-10-16)15-7-11-17(12-8-15)13(2)3;;/h5-13H,4H2,1-3H3;2*1H/q+2;;/p-2. The molecule has 2 rings (SSSR count). The van der Waals surface area contributed by atoms with E-state index in [9.17, 15) is 0 Å². The lowest BCUT2D eigenvalue weighted by Crippen LogP contribution is -3.00. The Morgan fingerprint density at radius 3 is 1.63 bits per heavy atom. The number of rotatable bonds is 3. The number of nitrogens with zero attached hydrogens (tertiary/aromatic N) is 2. The second-order valence-corrected chi connectivity index (χ2v) is 4.55. The Hall–Kier alpha value is -1.12. The Bertz CT molecular complexity index is 479. The molecule has 0 saturated heterocycles. The van der Waals surface area contributed by atoms with Crippen molar-refractivity contribution in [3.63, 3.8) is 0 Å². The molecule has 0 fully saturated rings. The maximum absolute atomic E-state index is 2.21. The van der Waals surface area contributed by atoms with Gasteiger partial charge >= 0.3 is 0 Å². The van der Waals surface area contributed by atoms with Crippen molar-refractivity contribution in [3.8, 4) is 11.1 Å². The lowest BCUT2D eigenvalue weighted by molar-refractivity contribution is -0.716. The summed E-state index contributed by atoms with van der Waals surface area (Å²) in [5, 5.41) is 0. The van der Waals surface area contributed by atoms with Gasteiger partial charge in [-0.3, -0.25) is 0 Å². The van der Waals surface area contributed by atoms with Crippen LogP contribution in [0.2, 0.25) is 0 Å². The van der Waals surface area contributed by atoms with Gasteiger partial charge in [-0.15, -0.1) is 0 Å². The molecule has 0 spiro atoms. The van der Waals surface area contributed by atoms with Crippen molar-refractivity contribution < 1.29 is 33.9 Å². The molecule has 2 heterocycles. The summed E-state index contributed by atoms with van der Waals surface area (Å²) in [5.74, 6) is 0. The highest BCUT2D eigenvalue weighted by atomic mass is 35.5. The van der Waals surface area contributed by atoms with Crippen molar-refractivity contribution in [2.75, 3.05) is 0 Å². The number of aromatic nitrogens is 2. The summed E-state index contributed by atoms with van der Waals surface area (Å²) in [4.78, 5) is 0. The molecule has 2 aromatic heterocycles. The first-order valence-electron chi connectivity index (χ1n) is 6.21. The van der Waals surface area contributed by atoms with Crippen LogP contribution in [-0.2, 0) is 6.54 Å². The van der Waals surface area contributed by atoms with Gasteiger partial charge in [0.25, 0.3) is 0 Å². The van der Waals surface area contributed by atoms with Crippen LogP contribution in [0.25, 0.3) is 11.1 Å². The second-order valence-electron chi connectivity index (χ2n) is 4.55. The van der Waals surface area contributed by atoms with E-state index in [1.54, 1.807) is 0 Å². The summed E-state index contributed by atoms with van der Waals surface area (Å²) in [5.41, 5.74) is 2.54. The van der Waals surface area contributed by atoms with Gasteiger partial charge in [0.2, 0.25) is 0 Å². The van der Waals surface area contributed by atoms with Crippen LogP contribution in [0.4, 0.5) is 0 Å². The molecule has 0 aromatic carbocycles. The average molecular weight is 299 g/mol. The van der Waals surface area contributed by atoms with Gasteiger partial charge in [0.1, 0.15) is 6.54 Å². The Kier molecular flexibility index (Phi) is 7.65. The van der Waals surface area contributed by atoms with Gasteiger partial charge in [-0.1, -0.05) is 0 Å². The first-order valence-corrected chi connectivity index (χ1v) is 6.21. The topological polar surface area (TPSA) is 7.76 Å². The lowest BCUT2D eigenvalue weighted by atomic mass is 10.1. The zero-order chi connectivity index (χ0) is 12.3. The number of hydrogen-bond acceptors (Lipinski definition) is 0. The van der Waals surface area contributed by atoms with Crippen LogP contribution in [0.5, 0.6) is 0 Å². The second kappa shape index (κ2) is 8.13. The van der Waals surface area contributed by atoms with Crippen LogP contribution in [0.3, 0.4) is 0 Å². The van der Waals surface area contributed by atoms with Crippen LogP contribution in [0.15, 0.2) is 49.1 Å². The highest BCUT2D eigenvalue weighted by molar-refractivity contribution is 5.60. The van der Waals surface area contributed by atoms with Crippen molar-refractivity contribution in [1.29, 1.82) is 0 Å². The summed E-state index contributed by atoms with van der Waals surface area (Å²) in [7, 11) is 0. The van der Waals surface area contributed by atoms with E-state index in [1.165, 1.54) is 11.1 Å². The Labute approximate surface area is 127 Å². The fraction of sp³-hybridized carbons (Fsp3) is 0.333. The number of hydrogen-bond donors (Lipinski definition) is 0. The maximum atomic E-state index is 2.21. The zero-order valence-electron chi connectivity index (χ0n) is 11.6. The smallest absolute Gasteiger partial charge is 0.169 e. The normalized spacial score (nSPS) is 9.68. The molecule has 0 unspecified atom stereocenters. The number of pyridine rings is 2. The Morgan fingerprint density at radius 1 is 0.842 bits per heavy atom. The third-order valence-corrected chi connectivity index (χ3v) is 3.04. The van der Waals surface area contributed by atoms with E-state index >= 15 is 0 Å². The summed E-state index contributed by atoms with van der Waals surface area (Å²) in [6.07, 6.45) is 8.53. The average Bonchev–Trinajstić information content (AvgIpc) is 2.39. The molecule has 0 atom stereocenters. The summed E-state index contributed by atoms with van der Waals surface area (Å²) >= 11 is 0. The van der Waals surface area contributed by atoms with Crippen molar-refractivity contribution in [1.82, 2.24) is 0 Å². The molecule has 2 aromatic rings. The highest BCUT2D eigenvalue weighted by Crippen LogP contribution is 2.15. The lowest BCUT2D eigenvalue weighted by Gasteiger charge is -2.02. The quantitative estimate of drug-likeness (QED) is 0.521. The van der Waals surface area contributed by atoms with E-state index in [-0.39, 0.29) is 24.8 Å². The third-order valence-electron chi connectivity index (χ3n) is 3.04. The number of halogens is 2. The first-order chi connectivity index (χ1) is 8.20. The molecule has 104 valence electrons. The summed E-state index contributed by atoms with van der Waals surface area (Å²) in [6.45, 7) is 7.54. The molecule has 0 saturated carbocycles. The predicted octanol–water partition coefficient (Wildman–Crippen LogP) is -3.46. The molecule has 2 nitrogen and oxygen atoms in total. The summed E-state index contributed by atoms with van der Waals surface area (Å²) in [6, 6.07) is 9.19. The Morgan fingerprint density at radius 2 is 1.26 bits per heavy atom. The molecule has 4 heteroatoms. The molecule has 0 aliphatic heterocycles. The fourth-order valence-electron chi connectivity index (χ4n) is 1.84. The van der Waals surface area contributed by atoms with E-state index in [2.05, 4.69) is 79.0 Å². The van der Waals surface area contributed by atoms with Gasteiger partial charge < -0.3 is 24.8 Å². The van der Waals surface area contributed by atoms with E-state index in [0.29, 0.717) is 6.04 Å². The monoisotopic (exact) mass is 298 g/mol. The van der Waals surface area contributed by atoms with Crippen LogP contribution < -0.4 is 33.9 Å². The van der Waals surface area contributed by atoms with Crippen molar-refractivity contribution in [2.45, 2.75) is 33.4 Å². The molecule has 0 aliphatic rings. The molecule has 0 radical (unpaired) electrons. The van der Waals surface area contributed by atoms with E-state index < -0.39 is 0 Å². The van der Waals surface area contributed by atoms with Crippen molar-refractivity contribution in [2.24, 2.45) is 0 Å². The number of aryl methyl sites for hydroxylation is 1. The molecule has 0 bridgehead atoms. The van der Waals surface area contributed by atoms with Crippen LogP contribution in [-0.4, -0.2) is 0 Å². The van der Waals surface area contributed by atoms with E-state index in [0.717, 1.165) is 6.54 Å². The SMILES string of the molecule is CC[n+]1ccc(-c2cc[n+](C(C)C)cc2)cc1.[Cl-].[Cl-]. The van der Waals surface area contributed by atoms with Gasteiger partial charge in [-0.05, 0) is 31.9 Å². The van der Waals surface area contributed by atoms with Gasteiger partial charge in [-0.25, -0.2) is 9.13 Å². The van der Waals surface area contributed by atoms with E-state index in [1.807, 2.05) is 0 Å². The van der Waals surface area contributed by atoms with Crippen LogP contribution in [0, 0.1) is 0 Å². The van der Waals surface area contributed by atoms with Gasteiger partial charge in [0.05, 0.1) is 0 Å². The minimum Gasteiger partial charge on any atom is -1.00 e. The van der Waals surface area contributed by atoms with Gasteiger partial charge in [0.15, 0.2) is 30.8 Å². The molecule has 0 N–H and O–H groups in total. The molecule has 19 heavy (non-hydrogen) atoms. The van der Waals surface area contributed by atoms with E-state index in [4.69, 9.17) is 0 Å².